The Hall–Kier alpha value is -2.12. The molecule has 2 rings (SSSR count). The summed E-state index contributed by atoms with van der Waals surface area (Å²) in [5.41, 5.74) is 1.23. The Kier molecular flexibility index (Phi) is 9.94. The minimum absolute atomic E-state index is 0.206. The number of benzene rings is 1. The average molecular weight is 418 g/mol. The molecule has 6 nitrogen and oxygen atoms in total. The Balaban J connectivity index is 2.09. The van der Waals surface area contributed by atoms with E-state index in [1.165, 1.54) is 10.4 Å². The molecule has 160 valence electrons. The van der Waals surface area contributed by atoms with Crippen LogP contribution in [0.3, 0.4) is 0 Å². The smallest absolute Gasteiger partial charge is 0.191 e. The summed E-state index contributed by atoms with van der Waals surface area (Å²) in [6.45, 7) is 12.8. The van der Waals surface area contributed by atoms with E-state index in [4.69, 9.17) is 9.73 Å². The van der Waals surface area contributed by atoms with Crippen molar-refractivity contribution in [2.24, 2.45) is 4.99 Å². The molecule has 0 saturated heterocycles. The van der Waals surface area contributed by atoms with E-state index in [1.807, 2.05) is 18.3 Å². The maximum absolute atomic E-state index is 5.43. The Labute approximate surface area is 179 Å². The number of aryl methyl sites for hydroxylation is 1. The second-order valence-corrected chi connectivity index (χ2v) is 8.09. The van der Waals surface area contributed by atoms with Crippen LogP contribution in [0.4, 0.5) is 0 Å². The average Bonchev–Trinajstić information content (AvgIpc) is 3.16. The minimum atomic E-state index is 0.206. The van der Waals surface area contributed by atoms with Gasteiger partial charge in [0.15, 0.2) is 5.96 Å². The van der Waals surface area contributed by atoms with Gasteiger partial charge in [-0.1, -0.05) is 26.0 Å². The van der Waals surface area contributed by atoms with E-state index in [1.54, 1.807) is 18.4 Å². The predicted octanol–water partition coefficient (Wildman–Crippen LogP) is 3.64. The molecule has 7 heteroatoms. The third-order valence-corrected chi connectivity index (χ3v) is 5.77. The molecule has 0 aliphatic heterocycles. The minimum Gasteiger partial charge on any atom is -0.497 e. The van der Waals surface area contributed by atoms with Crippen LogP contribution in [0.25, 0.3) is 0 Å². The second kappa shape index (κ2) is 12.4. The van der Waals surface area contributed by atoms with Crippen LogP contribution in [0.15, 0.2) is 35.5 Å². The lowest BCUT2D eigenvalue weighted by Crippen LogP contribution is -2.39. The van der Waals surface area contributed by atoms with Crippen molar-refractivity contribution in [1.29, 1.82) is 0 Å². The first-order chi connectivity index (χ1) is 14.1. The van der Waals surface area contributed by atoms with Crippen LogP contribution >= 0.6 is 11.3 Å². The fourth-order valence-corrected chi connectivity index (χ4v) is 4.06. The van der Waals surface area contributed by atoms with Gasteiger partial charge >= 0.3 is 0 Å². The van der Waals surface area contributed by atoms with E-state index in [9.17, 15) is 0 Å². The number of thiazole rings is 1. The molecule has 0 saturated carbocycles. The van der Waals surface area contributed by atoms with Crippen molar-refractivity contribution in [3.8, 4) is 5.75 Å². The summed E-state index contributed by atoms with van der Waals surface area (Å²) < 4.78 is 5.43. The highest BCUT2D eigenvalue weighted by atomic mass is 32.1. The molecule has 0 fully saturated rings. The van der Waals surface area contributed by atoms with E-state index in [2.05, 4.69) is 60.3 Å². The Morgan fingerprint density at radius 1 is 1.24 bits per heavy atom. The molecule has 29 heavy (non-hydrogen) atoms. The highest BCUT2D eigenvalue weighted by Crippen LogP contribution is 2.24. The molecule has 0 spiro atoms. The van der Waals surface area contributed by atoms with Gasteiger partial charge in [0.25, 0.3) is 0 Å². The van der Waals surface area contributed by atoms with Gasteiger partial charge in [-0.2, -0.15) is 0 Å². The number of hydrogen-bond acceptors (Lipinski definition) is 5. The molecular weight excluding hydrogens is 382 g/mol. The zero-order valence-electron chi connectivity index (χ0n) is 18.4. The van der Waals surface area contributed by atoms with Crippen LogP contribution < -0.4 is 15.4 Å². The van der Waals surface area contributed by atoms with E-state index in [0.717, 1.165) is 49.3 Å². The molecule has 2 N–H and O–H groups in total. The number of nitrogens with zero attached hydrogens (tertiary/aromatic N) is 3. The predicted molar refractivity (Wildman–Crippen MR) is 123 cm³/mol. The first-order valence-corrected chi connectivity index (χ1v) is 11.2. The lowest BCUT2D eigenvalue weighted by atomic mass is 10.0. The Morgan fingerprint density at radius 2 is 2.03 bits per heavy atom. The summed E-state index contributed by atoms with van der Waals surface area (Å²) in [6, 6.07) is 8.51. The molecule has 1 aromatic carbocycles. The molecule has 0 bridgehead atoms. The highest BCUT2D eigenvalue weighted by Gasteiger charge is 2.18. The van der Waals surface area contributed by atoms with Crippen molar-refractivity contribution in [3.05, 3.63) is 45.9 Å². The number of rotatable bonds is 11. The van der Waals surface area contributed by atoms with Gasteiger partial charge in [-0.25, -0.2) is 4.98 Å². The van der Waals surface area contributed by atoms with Gasteiger partial charge in [0.1, 0.15) is 5.75 Å². The molecule has 1 heterocycles. The fraction of sp³-hybridized carbons (Fsp3) is 0.545. The lowest BCUT2D eigenvalue weighted by Gasteiger charge is -2.29. The SMILES string of the molecule is CCNC(=NCC(c1cccc(OC)c1)N(CC)CC)NCCc1ncc(C)s1. The molecular formula is C22H35N5OS. The summed E-state index contributed by atoms with van der Waals surface area (Å²) >= 11 is 1.75. The quantitative estimate of drug-likeness (QED) is 0.432. The van der Waals surface area contributed by atoms with Crippen molar-refractivity contribution in [3.63, 3.8) is 0 Å². The van der Waals surface area contributed by atoms with Crippen LogP contribution in [-0.4, -0.2) is 55.7 Å². The number of nitrogens with one attached hydrogen (secondary N) is 2. The van der Waals surface area contributed by atoms with Crippen molar-refractivity contribution in [2.45, 2.75) is 40.2 Å². The van der Waals surface area contributed by atoms with Gasteiger partial charge in [0, 0.05) is 30.6 Å². The molecule has 0 amide bonds. The number of hydrogen-bond donors (Lipinski definition) is 2. The van der Waals surface area contributed by atoms with Gasteiger partial charge in [-0.15, -0.1) is 11.3 Å². The van der Waals surface area contributed by atoms with Crippen molar-refractivity contribution in [2.75, 3.05) is 39.8 Å². The molecule has 1 aromatic heterocycles. The van der Waals surface area contributed by atoms with Crippen LogP contribution in [0.1, 0.15) is 42.3 Å². The third kappa shape index (κ3) is 7.33. The third-order valence-electron chi connectivity index (χ3n) is 4.80. The number of likely N-dealkylation sites (N-methyl/N-ethyl adjacent to an activating group) is 1. The van der Waals surface area contributed by atoms with Gasteiger partial charge in [0.2, 0.25) is 0 Å². The zero-order chi connectivity index (χ0) is 21.1. The molecule has 1 atom stereocenters. The maximum Gasteiger partial charge on any atom is 0.191 e. The van der Waals surface area contributed by atoms with E-state index < -0.39 is 0 Å². The van der Waals surface area contributed by atoms with Crippen LogP contribution in [0, 0.1) is 6.92 Å². The standard InChI is InChI=1S/C22H35N5OS/c1-6-23-22(24-13-12-21-25-15-17(4)29-21)26-16-20(27(7-2)8-3)18-10-9-11-19(14-18)28-5/h9-11,14-15,20H,6-8,12-13,16H2,1-5H3,(H2,23,24,26). The number of methoxy groups -OCH3 is 1. The monoisotopic (exact) mass is 417 g/mol. The summed E-state index contributed by atoms with van der Waals surface area (Å²) in [7, 11) is 1.71. The number of aliphatic imine (C=N–C) groups is 1. The van der Waals surface area contributed by atoms with Gasteiger partial charge < -0.3 is 15.4 Å². The fourth-order valence-electron chi connectivity index (χ4n) is 3.27. The number of aromatic nitrogens is 1. The normalized spacial score (nSPS) is 12.8. The molecule has 0 radical (unpaired) electrons. The molecule has 0 aliphatic rings. The first kappa shape index (κ1) is 23.2. The number of ether oxygens (including phenoxy) is 1. The Morgan fingerprint density at radius 3 is 2.66 bits per heavy atom. The maximum atomic E-state index is 5.43. The lowest BCUT2D eigenvalue weighted by molar-refractivity contribution is 0.224. The molecule has 1 unspecified atom stereocenters. The van der Waals surface area contributed by atoms with Crippen molar-refractivity contribution < 1.29 is 4.74 Å². The van der Waals surface area contributed by atoms with Crippen molar-refractivity contribution in [1.82, 2.24) is 20.5 Å². The van der Waals surface area contributed by atoms with Crippen LogP contribution in [0.2, 0.25) is 0 Å². The topological polar surface area (TPSA) is 61.8 Å². The second-order valence-electron chi connectivity index (χ2n) is 6.77. The van der Waals surface area contributed by atoms with Gasteiger partial charge in [-0.05, 0) is 44.6 Å². The van der Waals surface area contributed by atoms with Crippen LogP contribution in [-0.2, 0) is 6.42 Å². The van der Waals surface area contributed by atoms with Crippen LogP contribution in [0.5, 0.6) is 5.75 Å². The van der Waals surface area contributed by atoms with E-state index >= 15 is 0 Å². The first-order valence-electron chi connectivity index (χ1n) is 10.4. The summed E-state index contributed by atoms with van der Waals surface area (Å²) in [5, 5.41) is 7.96. The molecule has 0 aliphatic carbocycles. The largest absolute Gasteiger partial charge is 0.497 e. The molecule has 2 aromatic rings. The van der Waals surface area contributed by atoms with Gasteiger partial charge in [-0.3, -0.25) is 9.89 Å². The van der Waals surface area contributed by atoms with Crippen molar-refractivity contribution >= 4 is 17.3 Å². The number of guanidine groups is 1. The van der Waals surface area contributed by atoms with Gasteiger partial charge in [0.05, 0.1) is 24.7 Å². The summed E-state index contributed by atoms with van der Waals surface area (Å²) in [5.74, 6) is 1.73. The zero-order valence-corrected chi connectivity index (χ0v) is 19.2. The summed E-state index contributed by atoms with van der Waals surface area (Å²) in [4.78, 5) is 13.0. The van der Waals surface area contributed by atoms with E-state index in [-0.39, 0.29) is 6.04 Å². The summed E-state index contributed by atoms with van der Waals surface area (Å²) in [6.07, 6.45) is 2.83. The Bertz CT molecular complexity index is 757. The van der Waals surface area contributed by atoms with E-state index in [0.29, 0.717) is 6.54 Å². The highest BCUT2D eigenvalue weighted by molar-refractivity contribution is 7.11.